The van der Waals surface area contributed by atoms with E-state index in [0.29, 0.717) is 30.6 Å². The van der Waals surface area contributed by atoms with Gasteiger partial charge >= 0.3 is 0 Å². The molecule has 0 unspecified atom stereocenters. The van der Waals surface area contributed by atoms with Crippen LogP contribution in [-0.2, 0) is 26.0 Å². The lowest BCUT2D eigenvalue weighted by Gasteiger charge is -2.12. The molecule has 0 bridgehead atoms. The Morgan fingerprint density at radius 1 is 1.13 bits per heavy atom. The van der Waals surface area contributed by atoms with E-state index in [1.165, 1.54) is 11.1 Å². The Hall–Kier alpha value is -3.04. The van der Waals surface area contributed by atoms with Gasteiger partial charge in [-0.1, -0.05) is 43.3 Å². The van der Waals surface area contributed by atoms with Gasteiger partial charge in [0.15, 0.2) is 0 Å². The fourth-order valence-corrected chi connectivity index (χ4v) is 4.10. The van der Waals surface area contributed by atoms with Gasteiger partial charge in [-0.25, -0.2) is 18.6 Å². The van der Waals surface area contributed by atoms with Crippen molar-refractivity contribution in [2.24, 2.45) is 10.2 Å². The third-order valence-electron chi connectivity index (χ3n) is 4.80. The molecule has 9 heteroatoms. The van der Waals surface area contributed by atoms with Gasteiger partial charge < -0.3 is 5.32 Å². The van der Waals surface area contributed by atoms with Gasteiger partial charge in [0.1, 0.15) is 0 Å². The van der Waals surface area contributed by atoms with Crippen molar-refractivity contribution in [2.75, 3.05) is 11.9 Å². The normalized spacial score (nSPS) is 13.8. The number of carbonyl (C=O) groups excluding carboxylic acids is 2. The first kappa shape index (κ1) is 21.7. The van der Waals surface area contributed by atoms with Gasteiger partial charge in [-0.3, -0.25) is 9.59 Å². The predicted molar refractivity (Wildman–Crippen MR) is 114 cm³/mol. The molecular formula is C21H24N4O4S. The summed E-state index contributed by atoms with van der Waals surface area (Å²) < 4.78 is 23.5. The van der Waals surface area contributed by atoms with Gasteiger partial charge in [0.2, 0.25) is 21.8 Å². The van der Waals surface area contributed by atoms with Crippen molar-refractivity contribution in [3.63, 3.8) is 0 Å². The predicted octanol–water partition coefficient (Wildman–Crippen LogP) is 2.25. The number of rotatable bonds is 7. The van der Waals surface area contributed by atoms with E-state index in [2.05, 4.69) is 10.4 Å². The second kappa shape index (κ2) is 9.19. The maximum Gasteiger partial charge on any atom is 0.243 e. The minimum absolute atomic E-state index is 0.00644. The van der Waals surface area contributed by atoms with Crippen LogP contribution in [0.2, 0.25) is 0 Å². The summed E-state index contributed by atoms with van der Waals surface area (Å²) in [6, 6.07) is 14.2. The summed E-state index contributed by atoms with van der Waals surface area (Å²) in [5.41, 5.74) is 2.72. The molecular weight excluding hydrogens is 404 g/mol. The monoisotopic (exact) mass is 428 g/mol. The number of sulfonamides is 1. The number of hydrogen-bond acceptors (Lipinski definition) is 5. The van der Waals surface area contributed by atoms with Crippen LogP contribution in [0.5, 0.6) is 0 Å². The Morgan fingerprint density at radius 2 is 1.87 bits per heavy atom. The number of nitrogens with one attached hydrogen (secondary N) is 1. The molecule has 1 aliphatic heterocycles. The summed E-state index contributed by atoms with van der Waals surface area (Å²) in [4.78, 5) is 24.6. The molecule has 3 rings (SSSR count). The standard InChI is InChI=1S/C21H24N4O4S/c1-2-15-8-9-17(14-19(15)30(22,28)29)23-20(26)10-11-21(27)25-13-12-18(24-25)16-6-4-3-5-7-16/h3-9,14H,2,10-13H2,1H3,(H,23,26)(H2,22,28,29). The lowest BCUT2D eigenvalue weighted by molar-refractivity contribution is -0.132. The maximum absolute atomic E-state index is 12.4. The summed E-state index contributed by atoms with van der Waals surface area (Å²) in [6.07, 6.45) is 1.14. The Kier molecular flexibility index (Phi) is 6.63. The van der Waals surface area contributed by atoms with Crippen LogP contribution in [0, 0.1) is 0 Å². The van der Waals surface area contributed by atoms with Crippen LogP contribution < -0.4 is 10.5 Å². The van der Waals surface area contributed by atoms with Gasteiger partial charge in [-0.2, -0.15) is 5.10 Å². The highest BCUT2D eigenvalue weighted by Crippen LogP contribution is 2.21. The highest BCUT2D eigenvalue weighted by molar-refractivity contribution is 7.89. The number of anilines is 1. The topological polar surface area (TPSA) is 122 Å². The van der Waals surface area contributed by atoms with Crippen molar-refractivity contribution in [1.82, 2.24) is 5.01 Å². The van der Waals surface area contributed by atoms with Crippen molar-refractivity contribution >= 4 is 33.2 Å². The largest absolute Gasteiger partial charge is 0.326 e. The van der Waals surface area contributed by atoms with Crippen molar-refractivity contribution in [3.05, 3.63) is 59.7 Å². The van der Waals surface area contributed by atoms with E-state index in [9.17, 15) is 18.0 Å². The molecule has 0 atom stereocenters. The molecule has 2 aromatic carbocycles. The molecule has 0 spiro atoms. The minimum Gasteiger partial charge on any atom is -0.326 e. The van der Waals surface area contributed by atoms with Crippen LogP contribution in [0.3, 0.4) is 0 Å². The Bertz CT molecular complexity index is 1080. The van der Waals surface area contributed by atoms with E-state index in [-0.39, 0.29) is 29.6 Å². The van der Waals surface area contributed by atoms with Gasteiger partial charge in [0.05, 0.1) is 17.2 Å². The average molecular weight is 429 g/mol. The van der Waals surface area contributed by atoms with Crippen LogP contribution in [0.15, 0.2) is 58.5 Å². The zero-order chi connectivity index (χ0) is 21.7. The molecule has 0 radical (unpaired) electrons. The Morgan fingerprint density at radius 3 is 2.53 bits per heavy atom. The first-order chi connectivity index (χ1) is 14.3. The molecule has 0 fully saturated rings. The summed E-state index contributed by atoms with van der Waals surface area (Å²) in [6.45, 7) is 2.30. The Balaban J connectivity index is 1.57. The van der Waals surface area contributed by atoms with E-state index in [0.717, 1.165) is 11.3 Å². The summed E-state index contributed by atoms with van der Waals surface area (Å²) in [5, 5.41) is 13.6. The first-order valence-corrected chi connectivity index (χ1v) is 11.2. The van der Waals surface area contributed by atoms with E-state index in [4.69, 9.17) is 5.14 Å². The van der Waals surface area contributed by atoms with Crippen LogP contribution in [0.4, 0.5) is 5.69 Å². The third-order valence-corrected chi connectivity index (χ3v) is 5.79. The minimum atomic E-state index is -3.90. The molecule has 2 aromatic rings. The zero-order valence-electron chi connectivity index (χ0n) is 16.7. The van der Waals surface area contributed by atoms with Crippen LogP contribution in [0.25, 0.3) is 0 Å². The lowest BCUT2D eigenvalue weighted by atomic mass is 10.1. The molecule has 30 heavy (non-hydrogen) atoms. The maximum atomic E-state index is 12.4. The van der Waals surface area contributed by atoms with Crippen molar-refractivity contribution < 1.29 is 18.0 Å². The zero-order valence-corrected chi connectivity index (χ0v) is 17.5. The summed E-state index contributed by atoms with van der Waals surface area (Å²) >= 11 is 0. The first-order valence-electron chi connectivity index (χ1n) is 9.66. The highest BCUT2D eigenvalue weighted by atomic mass is 32.2. The number of nitrogens with two attached hydrogens (primary N) is 1. The number of carbonyl (C=O) groups is 2. The third kappa shape index (κ3) is 5.31. The van der Waals surface area contributed by atoms with Crippen LogP contribution in [-0.4, -0.2) is 37.5 Å². The van der Waals surface area contributed by atoms with E-state index in [1.807, 2.05) is 37.3 Å². The number of amides is 2. The molecule has 2 amide bonds. The molecule has 158 valence electrons. The lowest BCUT2D eigenvalue weighted by Crippen LogP contribution is -2.25. The van der Waals surface area contributed by atoms with Crippen LogP contribution in [0.1, 0.15) is 37.3 Å². The molecule has 0 saturated carbocycles. The van der Waals surface area contributed by atoms with Gasteiger partial charge in [-0.15, -0.1) is 0 Å². The smallest absolute Gasteiger partial charge is 0.243 e. The Labute approximate surface area is 175 Å². The molecule has 1 heterocycles. The molecule has 3 N–H and O–H groups in total. The molecule has 1 aliphatic rings. The fraction of sp³-hybridized carbons (Fsp3) is 0.286. The summed E-state index contributed by atoms with van der Waals surface area (Å²) in [5.74, 6) is -0.623. The van der Waals surface area contributed by atoms with Gasteiger partial charge in [0.25, 0.3) is 0 Å². The SMILES string of the molecule is CCc1ccc(NC(=O)CCC(=O)N2CCC(c3ccccc3)=N2)cc1S(N)(=O)=O. The van der Waals surface area contributed by atoms with E-state index < -0.39 is 10.0 Å². The quantitative estimate of drug-likeness (QED) is 0.702. The van der Waals surface area contributed by atoms with Crippen LogP contribution >= 0.6 is 0 Å². The molecule has 0 saturated heterocycles. The average Bonchev–Trinajstić information content (AvgIpc) is 3.22. The van der Waals surface area contributed by atoms with E-state index >= 15 is 0 Å². The molecule has 8 nitrogen and oxygen atoms in total. The van der Waals surface area contributed by atoms with Crippen molar-refractivity contribution in [1.29, 1.82) is 0 Å². The second-order valence-electron chi connectivity index (χ2n) is 6.95. The number of hydrazone groups is 1. The van der Waals surface area contributed by atoms with Crippen molar-refractivity contribution in [3.8, 4) is 0 Å². The number of aryl methyl sites for hydroxylation is 1. The number of benzene rings is 2. The summed E-state index contributed by atoms with van der Waals surface area (Å²) in [7, 11) is -3.90. The highest BCUT2D eigenvalue weighted by Gasteiger charge is 2.22. The number of hydrogen-bond donors (Lipinski definition) is 2. The van der Waals surface area contributed by atoms with Gasteiger partial charge in [0, 0.05) is 24.9 Å². The van der Waals surface area contributed by atoms with Gasteiger partial charge in [-0.05, 0) is 29.7 Å². The number of nitrogens with zero attached hydrogens (tertiary/aromatic N) is 2. The molecule has 0 aliphatic carbocycles. The fourth-order valence-electron chi connectivity index (χ4n) is 3.23. The second-order valence-corrected chi connectivity index (χ2v) is 8.48. The van der Waals surface area contributed by atoms with E-state index in [1.54, 1.807) is 12.1 Å². The number of primary sulfonamides is 1. The van der Waals surface area contributed by atoms with Crippen molar-refractivity contribution in [2.45, 2.75) is 37.5 Å². The molecule has 0 aromatic heterocycles.